The van der Waals surface area contributed by atoms with Crippen molar-refractivity contribution in [3.63, 3.8) is 0 Å². The van der Waals surface area contributed by atoms with Gasteiger partial charge in [-0.25, -0.2) is 10.2 Å². The summed E-state index contributed by atoms with van der Waals surface area (Å²) in [6.07, 6.45) is 3.84. The summed E-state index contributed by atoms with van der Waals surface area (Å²) in [4.78, 5) is 42.1. The summed E-state index contributed by atoms with van der Waals surface area (Å²) in [6.45, 7) is 8.60. The second-order valence-electron chi connectivity index (χ2n) is 11.2. The Hall–Kier alpha value is -3.37. The van der Waals surface area contributed by atoms with Crippen LogP contribution in [0.1, 0.15) is 51.1 Å². The van der Waals surface area contributed by atoms with Crippen LogP contribution >= 0.6 is 0 Å². The zero-order valence-corrected chi connectivity index (χ0v) is 22.8. The molecule has 1 aromatic carbocycles. The van der Waals surface area contributed by atoms with Gasteiger partial charge in [-0.3, -0.25) is 9.59 Å². The first-order valence-corrected chi connectivity index (χ1v) is 13.4. The summed E-state index contributed by atoms with van der Waals surface area (Å²) in [5.74, 6) is -0.292. The van der Waals surface area contributed by atoms with Gasteiger partial charge in [0, 0.05) is 30.6 Å². The van der Waals surface area contributed by atoms with Gasteiger partial charge in [0.25, 0.3) is 0 Å². The molecule has 4 amide bonds. The number of nitrogens with one attached hydrogen (secondary N) is 5. The maximum Gasteiger partial charge on any atom is 0.318 e. The minimum absolute atomic E-state index is 0.0117. The van der Waals surface area contributed by atoms with Crippen molar-refractivity contribution >= 4 is 17.8 Å². The van der Waals surface area contributed by atoms with Crippen LogP contribution in [0.25, 0.3) is 0 Å². The van der Waals surface area contributed by atoms with E-state index in [0.717, 1.165) is 29.7 Å². The largest absolute Gasteiger partial charge is 0.350 e. The molecule has 1 fully saturated rings. The summed E-state index contributed by atoms with van der Waals surface area (Å²) < 4.78 is 0. The highest BCUT2D eigenvalue weighted by atomic mass is 16.2. The van der Waals surface area contributed by atoms with Crippen molar-refractivity contribution < 1.29 is 14.4 Å². The van der Waals surface area contributed by atoms with Gasteiger partial charge in [0.15, 0.2) is 0 Å². The normalized spacial score (nSPS) is 24.9. The van der Waals surface area contributed by atoms with Crippen molar-refractivity contribution in [2.45, 2.75) is 63.3 Å². The molecule has 1 saturated carbocycles. The molecule has 38 heavy (non-hydrogen) atoms. The Labute approximate surface area is 225 Å². The maximum atomic E-state index is 13.6. The SMILES string of the molecule is C=CC(=O)NC1CCC(C(=O)NC2NNC3=C2CN(C(=O)N[C@H](CN(C)C)c2ccccc2)C3(C)C)CC1. The van der Waals surface area contributed by atoms with Gasteiger partial charge in [0.05, 0.1) is 17.3 Å². The molecular formula is C28H41N7O3. The molecule has 0 bridgehead atoms. The molecule has 2 heterocycles. The highest BCUT2D eigenvalue weighted by Gasteiger charge is 2.48. The third-order valence-corrected chi connectivity index (χ3v) is 7.84. The van der Waals surface area contributed by atoms with E-state index >= 15 is 0 Å². The van der Waals surface area contributed by atoms with Gasteiger partial charge in [0.1, 0.15) is 6.17 Å². The third kappa shape index (κ3) is 6.02. The lowest BCUT2D eigenvalue weighted by atomic mass is 9.85. The van der Waals surface area contributed by atoms with E-state index in [4.69, 9.17) is 0 Å². The van der Waals surface area contributed by atoms with Gasteiger partial charge in [-0.05, 0) is 65.3 Å². The monoisotopic (exact) mass is 523 g/mol. The van der Waals surface area contributed by atoms with Crippen molar-refractivity contribution in [2.75, 3.05) is 27.2 Å². The number of likely N-dealkylation sites (N-methyl/N-ethyl adjacent to an activating group) is 1. The van der Waals surface area contributed by atoms with Gasteiger partial charge in [-0.2, -0.15) is 0 Å². The van der Waals surface area contributed by atoms with Crippen LogP contribution in [0.2, 0.25) is 0 Å². The van der Waals surface area contributed by atoms with E-state index in [2.05, 4.69) is 38.3 Å². The second kappa shape index (κ2) is 11.6. The predicted molar refractivity (Wildman–Crippen MR) is 146 cm³/mol. The molecule has 206 valence electrons. The van der Waals surface area contributed by atoms with Crippen molar-refractivity contribution in [1.29, 1.82) is 0 Å². The van der Waals surface area contributed by atoms with Gasteiger partial charge < -0.3 is 31.2 Å². The lowest BCUT2D eigenvalue weighted by Crippen LogP contribution is -2.57. The fraction of sp³-hybridized carbons (Fsp3) is 0.536. The maximum absolute atomic E-state index is 13.6. The standard InChI is InChI=1S/C28H41N7O3/c1-6-23(36)29-20-14-12-19(13-15-20)26(37)31-25-21-16-35(28(2,3)24(21)32-33-25)27(38)30-22(17-34(4)5)18-10-8-7-9-11-18/h6-11,19-20,22,25,32-33H,1,12-17H2,2-5H3,(H,29,36)(H,30,38)(H,31,37)/t19?,20?,22-,25?/m1/s1. The van der Waals surface area contributed by atoms with E-state index in [1.54, 1.807) is 0 Å². The van der Waals surface area contributed by atoms with E-state index < -0.39 is 5.54 Å². The molecule has 0 aromatic heterocycles. The van der Waals surface area contributed by atoms with Gasteiger partial charge in [-0.1, -0.05) is 36.9 Å². The van der Waals surface area contributed by atoms with Crippen molar-refractivity contribution in [3.05, 3.63) is 59.8 Å². The molecule has 10 heteroatoms. The molecule has 0 radical (unpaired) electrons. The van der Waals surface area contributed by atoms with Gasteiger partial charge >= 0.3 is 6.03 Å². The molecule has 5 N–H and O–H groups in total. The first-order chi connectivity index (χ1) is 18.1. The Morgan fingerprint density at radius 2 is 1.82 bits per heavy atom. The summed E-state index contributed by atoms with van der Waals surface area (Å²) in [7, 11) is 3.98. The Kier molecular flexibility index (Phi) is 8.42. The van der Waals surface area contributed by atoms with Crippen LogP contribution in [0.3, 0.4) is 0 Å². The Morgan fingerprint density at radius 1 is 1.13 bits per heavy atom. The molecular weight excluding hydrogens is 482 g/mol. The smallest absolute Gasteiger partial charge is 0.318 e. The predicted octanol–water partition coefficient (Wildman–Crippen LogP) is 1.76. The number of urea groups is 1. The minimum atomic E-state index is -0.577. The summed E-state index contributed by atoms with van der Waals surface area (Å²) in [5.41, 5.74) is 8.78. The van der Waals surface area contributed by atoms with Crippen LogP contribution in [-0.2, 0) is 9.59 Å². The Bertz CT molecular complexity index is 1080. The first-order valence-electron chi connectivity index (χ1n) is 13.4. The molecule has 1 aromatic rings. The van der Waals surface area contributed by atoms with Crippen LogP contribution < -0.4 is 26.8 Å². The number of carbonyl (C=O) groups is 3. The third-order valence-electron chi connectivity index (χ3n) is 7.84. The number of hydrogen-bond acceptors (Lipinski definition) is 6. The lowest BCUT2D eigenvalue weighted by Gasteiger charge is -2.36. The number of carbonyl (C=O) groups excluding carboxylic acids is 3. The van der Waals surface area contributed by atoms with Gasteiger partial charge in [-0.15, -0.1) is 0 Å². The second-order valence-corrected chi connectivity index (χ2v) is 11.2. The molecule has 0 spiro atoms. The molecule has 4 rings (SSSR count). The van der Waals surface area contributed by atoms with Crippen LogP contribution in [0.15, 0.2) is 54.3 Å². The molecule has 3 aliphatic rings. The van der Waals surface area contributed by atoms with Crippen LogP contribution in [0, 0.1) is 5.92 Å². The highest BCUT2D eigenvalue weighted by Crippen LogP contribution is 2.36. The van der Waals surface area contributed by atoms with Crippen molar-refractivity contribution in [3.8, 4) is 0 Å². The first kappa shape index (κ1) is 27.7. The van der Waals surface area contributed by atoms with Crippen LogP contribution in [0.4, 0.5) is 4.79 Å². The fourth-order valence-corrected chi connectivity index (χ4v) is 5.66. The number of rotatable bonds is 8. The summed E-state index contributed by atoms with van der Waals surface area (Å²) in [5, 5.41) is 9.29. The van der Waals surface area contributed by atoms with Crippen molar-refractivity contribution in [2.24, 2.45) is 5.92 Å². The number of hydrazine groups is 1. The van der Waals surface area contributed by atoms with E-state index in [1.165, 1.54) is 6.08 Å². The summed E-state index contributed by atoms with van der Waals surface area (Å²) >= 11 is 0. The van der Waals surface area contributed by atoms with Crippen LogP contribution in [0.5, 0.6) is 0 Å². The number of hydrogen-bond donors (Lipinski definition) is 5. The molecule has 2 aliphatic heterocycles. The average Bonchev–Trinajstić information content (AvgIpc) is 3.41. The Morgan fingerprint density at radius 3 is 2.45 bits per heavy atom. The average molecular weight is 524 g/mol. The van der Waals surface area contributed by atoms with E-state index in [0.29, 0.717) is 25.9 Å². The topological polar surface area (TPSA) is 118 Å². The molecule has 1 unspecified atom stereocenters. The zero-order valence-electron chi connectivity index (χ0n) is 22.8. The zero-order chi connectivity index (χ0) is 27.4. The number of benzene rings is 1. The lowest BCUT2D eigenvalue weighted by molar-refractivity contribution is -0.126. The summed E-state index contributed by atoms with van der Waals surface area (Å²) in [6, 6.07) is 9.76. The van der Waals surface area contributed by atoms with Crippen molar-refractivity contribution in [1.82, 2.24) is 36.6 Å². The number of nitrogens with zero attached hydrogens (tertiary/aromatic N) is 2. The highest BCUT2D eigenvalue weighted by molar-refractivity contribution is 5.87. The van der Waals surface area contributed by atoms with E-state index in [1.807, 2.05) is 63.2 Å². The van der Waals surface area contributed by atoms with E-state index in [9.17, 15) is 14.4 Å². The Balaban J connectivity index is 1.37. The van der Waals surface area contributed by atoms with Gasteiger partial charge in [0.2, 0.25) is 11.8 Å². The van der Waals surface area contributed by atoms with Crippen LogP contribution in [-0.4, -0.2) is 72.6 Å². The number of amides is 4. The minimum Gasteiger partial charge on any atom is -0.350 e. The molecule has 10 nitrogen and oxygen atoms in total. The fourth-order valence-electron chi connectivity index (χ4n) is 5.66. The molecule has 1 aliphatic carbocycles. The molecule has 0 saturated heterocycles. The molecule has 2 atom stereocenters. The van der Waals surface area contributed by atoms with E-state index in [-0.39, 0.29) is 42.0 Å². The quantitative estimate of drug-likeness (QED) is 0.332.